The van der Waals surface area contributed by atoms with Gasteiger partial charge in [0.15, 0.2) is 0 Å². The van der Waals surface area contributed by atoms with E-state index in [9.17, 15) is 4.79 Å². The smallest absolute Gasteiger partial charge is 0.254 e. The molecule has 0 unspecified atom stereocenters. The molecule has 4 rings (SSSR count). The number of hydrogen-bond acceptors (Lipinski definition) is 7. The fourth-order valence-corrected chi connectivity index (χ4v) is 4.23. The molecule has 33 heavy (non-hydrogen) atoms. The molecule has 2 heterocycles. The van der Waals surface area contributed by atoms with Crippen LogP contribution in [0.5, 0.6) is 0 Å². The van der Waals surface area contributed by atoms with Gasteiger partial charge >= 0.3 is 0 Å². The number of allylic oxidation sites excluding steroid dienone is 1. The van der Waals surface area contributed by atoms with Gasteiger partial charge in [0.2, 0.25) is 5.96 Å². The summed E-state index contributed by atoms with van der Waals surface area (Å²) in [7, 11) is 0. The summed E-state index contributed by atoms with van der Waals surface area (Å²) in [5, 5.41) is 9.71. The predicted molar refractivity (Wildman–Crippen MR) is 132 cm³/mol. The van der Waals surface area contributed by atoms with Crippen LogP contribution in [0.4, 0.5) is 5.69 Å². The molecule has 0 radical (unpaired) electrons. The number of carbonyl (C=O) groups excluding carboxylic acids is 1. The van der Waals surface area contributed by atoms with Crippen molar-refractivity contribution in [3.05, 3.63) is 71.8 Å². The molecule has 1 aliphatic heterocycles. The Hall–Kier alpha value is -3.65. The van der Waals surface area contributed by atoms with Crippen LogP contribution in [-0.2, 0) is 4.79 Å². The minimum absolute atomic E-state index is 0.253. The Morgan fingerprint density at radius 2 is 1.91 bits per heavy atom. The molecular weight excluding hydrogens is 414 g/mol. The monoisotopic (exact) mass is 445 g/mol. The molecule has 2 aromatic rings. The molecule has 8 nitrogen and oxygen atoms in total. The van der Waals surface area contributed by atoms with Crippen LogP contribution in [0.25, 0.3) is 11.3 Å². The van der Waals surface area contributed by atoms with Crippen LogP contribution in [0.1, 0.15) is 39.0 Å². The van der Waals surface area contributed by atoms with Gasteiger partial charge < -0.3 is 27.4 Å². The number of nitrogens with zero attached hydrogens (tertiary/aromatic N) is 2. The highest BCUT2D eigenvalue weighted by Gasteiger charge is 2.29. The van der Waals surface area contributed by atoms with Crippen LogP contribution >= 0.6 is 0 Å². The number of rotatable bonds is 6. The molecule has 1 saturated carbocycles. The number of aromatic nitrogens is 1. The summed E-state index contributed by atoms with van der Waals surface area (Å²) in [6.45, 7) is 2.44. The molecule has 0 spiro atoms. The van der Waals surface area contributed by atoms with E-state index in [2.05, 4.69) is 25.9 Å². The predicted octanol–water partition coefficient (Wildman–Crippen LogP) is 2.97. The zero-order valence-corrected chi connectivity index (χ0v) is 18.9. The first-order valence-corrected chi connectivity index (χ1v) is 11.4. The number of guanidine groups is 1. The van der Waals surface area contributed by atoms with Gasteiger partial charge in [-0.2, -0.15) is 4.99 Å². The zero-order chi connectivity index (χ0) is 23.3. The molecule has 0 bridgehead atoms. The van der Waals surface area contributed by atoms with Crippen LogP contribution in [-0.4, -0.2) is 28.9 Å². The highest BCUT2D eigenvalue weighted by Crippen LogP contribution is 2.26. The van der Waals surface area contributed by atoms with Gasteiger partial charge in [-0.3, -0.25) is 9.78 Å². The molecule has 1 amide bonds. The molecule has 7 N–H and O–H groups in total. The molecule has 172 valence electrons. The van der Waals surface area contributed by atoms with E-state index in [4.69, 9.17) is 11.5 Å². The van der Waals surface area contributed by atoms with E-state index in [1.807, 2.05) is 49.4 Å². The van der Waals surface area contributed by atoms with Crippen molar-refractivity contribution in [1.29, 1.82) is 0 Å². The van der Waals surface area contributed by atoms with Gasteiger partial charge in [0.05, 0.1) is 23.3 Å². The summed E-state index contributed by atoms with van der Waals surface area (Å²) >= 11 is 0. The van der Waals surface area contributed by atoms with Crippen LogP contribution in [0.15, 0.2) is 76.8 Å². The highest BCUT2D eigenvalue weighted by molar-refractivity contribution is 6.01. The summed E-state index contributed by atoms with van der Waals surface area (Å²) < 4.78 is 0. The number of amides is 1. The van der Waals surface area contributed by atoms with E-state index in [0.29, 0.717) is 29.7 Å². The van der Waals surface area contributed by atoms with Gasteiger partial charge in [0.25, 0.3) is 5.91 Å². The Bertz CT molecular complexity index is 1080. The van der Waals surface area contributed by atoms with E-state index < -0.39 is 5.91 Å². The van der Waals surface area contributed by atoms with Crippen molar-refractivity contribution in [2.24, 2.45) is 16.5 Å². The van der Waals surface area contributed by atoms with Gasteiger partial charge in [-0.05, 0) is 31.9 Å². The Kier molecular flexibility index (Phi) is 6.74. The van der Waals surface area contributed by atoms with Crippen molar-refractivity contribution in [2.45, 2.75) is 44.6 Å². The number of nitrogens with one attached hydrogen (secondary N) is 3. The second kappa shape index (κ2) is 9.87. The number of hydrogen-bond donors (Lipinski definition) is 5. The number of benzene rings is 1. The van der Waals surface area contributed by atoms with Crippen LogP contribution in [0.2, 0.25) is 0 Å². The summed E-state index contributed by atoms with van der Waals surface area (Å²) in [6, 6.07) is 13.8. The molecule has 0 atom stereocenters. The lowest BCUT2D eigenvalue weighted by molar-refractivity contribution is -0.114. The van der Waals surface area contributed by atoms with Crippen molar-refractivity contribution in [2.75, 3.05) is 11.9 Å². The van der Waals surface area contributed by atoms with E-state index in [-0.39, 0.29) is 11.1 Å². The highest BCUT2D eigenvalue weighted by atomic mass is 16.1. The first-order chi connectivity index (χ1) is 16.0. The minimum atomic E-state index is -0.572. The van der Waals surface area contributed by atoms with Crippen molar-refractivity contribution in [1.82, 2.24) is 15.6 Å². The third-order valence-corrected chi connectivity index (χ3v) is 6.07. The molecule has 0 saturated heterocycles. The number of aliphatic imine (C=N–C) groups is 1. The summed E-state index contributed by atoms with van der Waals surface area (Å²) in [5.74, 6) is 0.318. The van der Waals surface area contributed by atoms with Crippen LogP contribution in [0.3, 0.4) is 0 Å². The number of nitrogens with two attached hydrogens (primary N) is 2. The Balaban J connectivity index is 1.56. The van der Waals surface area contributed by atoms with E-state index >= 15 is 0 Å². The van der Waals surface area contributed by atoms with Crippen molar-refractivity contribution in [3.8, 4) is 11.3 Å². The van der Waals surface area contributed by atoms with Crippen molar-refractivity contribution < 1.29 is 4.79 Å². The van der Waals surface area contributed by atoms with E-state index in [1.165, 1.54) is 6.42 Å². The van der Waals surface area contributed by atoms with Gasteiger partial charge in [0, 0.05) is 17.6 Å². The largest absolute Gasteiger partial charge is 0.365 e. The molecular formula is C25H31N7O. The lowest BCUT2D eigenvalue weighted by Crippen LogP contribution is -2.54. The van der Waals surface area contributed by atoms with Crippen molar-refractivity contribution >= 4 is 17.6 Å². The zero-order valence-electron chi connectivity index (χ0n) is 18.9. The summed E-state index contributed by atoms with van der Waals surface area (Å²) in [4.78, 5) is 21.4. The number of primary amides is 1. The molecule has 1 aromatic carbocycles. The van der Waals surface area contributed by atoms with E-state index in [1.54, 1.807) is 12.3 Å². The van der Waals surface area contributed by atoms with Gasteiger partial charge in [-0.15, -0.1) is 0 Å². The third-order valence-electron chi connectivity index (χ3n) is 6.07. The maximum absolute atomic E-state index is 12.2. The average molecular weight is 446 g/mol. The van der Waals surface area contributed by atoms with Crippen LogP contribution in [0, 0.1) is 0 Å². The standard InChI is InChI=1S/C25H31N7O/c1-2-19-21(22(26)33)23(32-24(31-19)29-16-25(27)13-7-4-8-14-25)30-18-11-12-20(28-15-18)17-9-5-3-6-10-17/h2-3,5-6,9-12,15,30H,4,7-8,13-14,16,27H2,1H3,(H2,26,33)(H2,29,31,32). The summed E-state index contributed by atoms with van der Waals surface area (Å²) in [6.07, 6.45) is 8.99. The normalized spacial score (nSPS) is 19.0. The van der Waals surface area contributed by atoms with Gasteiger partial charge in [0.1, 0.15) is 11.4 Å². The number of anilines is 1. The third kappa shape index (κ3) is 5.40. The Morgan fingerprint density at radius 1 is 1.15 bits per heavy atom. The summed E-state index contributed by atoms with van der Waals surface area (Å²) in [5.41, 5.74) is 15.5. The fraction of sp³-hybridized carbons (Fsp3) is 0.320. The maximum atomic E-state index is 12.2. The number of carbonyl (C=O) groups is 1. The van der Waals surface area contributed by atoms with Crippen molar-refractivity contribution in [3.63, 3.8) is 0 Å². The van der Waals surface area contributed by atoms with Crippen LogP contribution < -0.4 is 27.4 Å². The second-order valence-corrected chi connectivity index (χ2v) is 8.58. The maximum Gasteiger partial charge on any atom is 0.254 e. The van der Waals surface area contributed by atoms with Gasteiger partial charge in [-0.25, -0.2) is 0 Å². The lowest BCUT2D eigenvalue weighted by atomic mass is 9.82. The first kappa shape index (κ1) is 22.5. The average Bonchev–Trinajstić information content (AvgIpc) is 2.84. The number of pyridine rings is 1. The topological polar surface area (TPSA) is 130 Å². The molecule has 2 aliphatic rings. The lowest BCUT2D eigenvalue weighted by Gasteiger charge is -2.34. The first-order valence-electron chi connectivity index (χ1n) is 11.4. The minimum Gasteiger partial charge on any atom is -0.365 e. The Labute approximate surface area is 194 Å². The quantitative estimate of drug-likeness (QED) is 0.465. The van der Waals surface area contributed by atoms with E-state index in [0.717, 1.165) is 36.9 Å². The Morgan fingerprint density at radius 3 is 2.55 bits per heavy atom. The molecule has 1 aliphatic carbocycles. The van der Waals surface area contributed by atoms with Gasteiger partial charge in [-0.1, -0.05) is 55.7 Å². The SMILES string of the molecule is CC=C1NC(NCC2(N)CCCCC2)=NC(Nc2ccc(-c3ccccc3)nc2)=C1C(N)=O. The fourth-order valence-electron chi connectivity index (χ4n) is 4.23. The molecule has 8 heteroatoms. The second-order valence-electron chi connectivity index (χ2n) is 8.58. The molecule has 1 aromatic heterocycles. The molecule has 1 fully saturated rings.